The molecule has 0 bridgehead atoms. The molecule has 0 spiro atoms. The van der Waals surface area contributed by atoms with Gasteiger partial charge < -0.3 is 4.74 Å². The van der Waals surface area contributed by atoms with E-state index < -0.39 is 18.6 Å². The monoisotopic (exact) mass is 457 g/mol. The molecule has 0 aliphatic rings. The number of benzene rings is 2. The van der Waals surface area contributed by atoms with E-state index in [2.05, 4.69) is 10.1 Å². The lowest BCUT2D eigenvalue weighted by Crippen LogP contribution is -2.12. The van der Waals surface area contributed by atoms with Crippen molar-refractivity contribution in [1.82, 2.24) is 14.8 Å². The lowest BCUT2D eigenvalue weighted by atomic mass is 10.1. The van der Waals surface area contributed by atoms with Crippen LogP contribution in [0.25, 0.3) is 17.1 Å². The summed E-state index contributed by atoms with van der Waals surface area (Å²) in [6, 6.07) is 18.8. The van der Waals surface area contributed by atoms with E-state index in [9.17, 15) is 18.0 Å². The number of carbonyl (C=O) groups excluding carboxylic acids is 1. The first kappa shape index (κ1) is 21.6. The minimum absolute atomic E-state index is 0.109. The third-order valence-electron chi connectivity index (χ3n) is 4.47. The fraction of sp³-hybridized carbons (Fsp3) is 0.0870. The quantitative estimate of drug-likeness (QED) is 0.349. The van der Waals surface area contributed by atoms with Gasteiger partial charge in [-0.3, -0.25) is 0 Å². The van der Waals surface area contributed by atoms with Gasteiger partial charge in [0.05, 0.1) is 17.7 Å². The smallest absolute Gasteiger partial charge is 0.393 e. The highest BCUT2D eigenvalue weighted by Crippen LogP contribution is 2.28. The molecule has 32 heavy (non-hydrogen) atoms. The van der Waals surface area contributed by atoms with Gasteiger partial charge in [-0.05, 0) is 42.0 Å². The lowest BCUT2D eigenvalue weighted by Gasteiger charge is -2.07. The van der Waals surface area contributed by atoms with Gasteiger partial charge in [0.2, 0.25) is 5.88 Å². The first-order valence-corrected chi connectivity index (χ1v) is 9.81. The Bertz CT molecular complexity index is 1220. The standard InChI is InChI=1S/C23H15ClF3N3O2/c24-18-10-8-17(9-11-18)22(31)32-21-13-19(29-30(21)20-3-1-2-12-28-20)16-6-4-15(5-7-16)14-23(25,26)27/h1-13H,14H2. The highest BCUT2D eigenvalue weighted by atomic mass is 35.5. The molecule has 4 aromatic rings. The molecular formula is C23H15ClF3N3O2. The van der Waals surface area contributed by atoms with Gasteiger partial charge >= 0.3 is 12.1 Å². The van der Waals surface area contributed by atoms with E-state index in [4.69, 9.17) is 16.3 Å². The normalized spacial score (nSPS) is 11.4. The molecule has 0 N–H and O–H groups in total. The summed E-state index contributed by atoms with van der Waals surface area (Å²) in [4.78, 5) is 16.8. The van der Waals surface area contributed by atoms with E-state index in [-0.39, 0.29) is 11.4 Å². The Morgan fingerprint density at radius 3 is 2.34 bits per heavy atom. The summed E-state index contributed by atoms with van der Waals surface area (Å²) in [6.45, 7) is 0. The molecule has 2 aromatic heterocycles. The van der Waals surface area contributed by atoms with Crippen LogP contribution in [-0.4, -0.2) is 26.9 Å². The van der Waals surface area contributed by atoms with Crippen molar-refractivity contribution in [3.8, 4) is 23.0 Å². The lowest BCUT2D eigenvalue weighted by molar-refractivity contribution is -0.127. The molecule has 0 saturated carbocycles. The van der Waals surface area contributed by atoms with Crippen molar-refractivity contribution in [3.05, 3.63) is 95.1 Å². The van der Waals surface area contributed by atoms with Crippen LogP contribution < -0.4 is 4.74 Å². The molecule has 0 aliphatic carbocycles. The van der Waals surface area contributed by atoms with Gasteiger partial charge in [-0.25, -0.2) is 9.78 Å². The van der Waals surface area contributed by atoms with Crippen molar-refractivity contribution in [1.29, 1.82) is 0 Å². The summed E-state index contributed by atoms with van der Waals surface area (Å²) >= 11 is 5.86. The maximum absolute atomic E-state index is 12.6. The molecule has 5 nitrogen and oxygen atoms in total. The summed E-state index contributed by atoms with van der Waals surface area (Å²) in [5.41, 5.74) is 1.41. The van der Waals surface area contributed by atoms with E-state index in [0.717, 1.165) is 0 Å². The first-order chi connectivity index (χ1) is 15.3. The van der Waals surface area contributed by atoms with Crippen LogP contribution in [0.3, 0.4) is 0 Å². The molecular weight excluding hydrogens is 443 g/mol. The number of pyridine rings is 1. The fourth-order valence-electron chi connectivity index (χ4n) is 2.99. The Labute approximate surface area is 186 Å². The largest absolute Gasteiger partial charge is 0.404 e. The van der Waals surface area contributed by atoms with Crippen LogP contribution >= 0.6 is 11.6 Å². The Morgan fingerprint density at radius 2 is 1.72 bits per heavy atom. The van der Waals surface area contributed by atoms with Crippen LogP contribution in [0.4, 0.5) is 13.2 Å². The molecule has 2 aromatic carbocycles. The average Bonchev–Trinajstić information content (AvgIpc) is 3.18. The molecule has 0 saturated heterocycles. The predicted octanol–water partition coefficient (Wildman–Crippen LogP) is 5.91. The number of halogens is 4. The zero-order chi connectivity index (χ0) is 22.7. The summed E-state index contributed by atoms with van der Waals surface area (Å²) in [6.07, 6.45) is -3.74. The maximum atomic E-state index is 12.6. The second-order valence-corrected chi connectivity index (χ2v) is 7.29. The number of hydrogen-bond acceptors (Lipinski definition) is 4. The van der Waals surface area contributed by atoms with Crippen molar-refractivity contribution in [2.24, 2.45) is 0 Å². The van der Waals surface area contributed by atoms with Crippen molar-refractivity contribution in [2.75, 3.05) is 0 Å². The summed E-state index contributed by atoms with van der Waals surface area (Å²) in [5.74, 6) is -0.102. The maximum Gasteiger partial charge on any atom is 0.393 e. The molecule has 0 aliphatic heterocycles. The van der Waals surface area contributed by atoms with E-state index in [1.807, 2.05) is 0 Å². The van der Waals surface area contributed by atoms with Crippen molar-refractivity contribution < 1.29 is 22.7 Å². The van der Waals surface area contributed by atoms with Gasteiger partial charge in [0.1, 0.15) is 0 Å². The van der Waals surface area contributed by atoms with E-state index in [1.165, 1.54) is 47.1 Å². The molecule has 2 heterocycles. The Balaban J connectivity index is 1.67. The van der Waals surface area contributed by atoms with Crippen LogP contribution in [0.15, 0.2) is 79.0 Å². The predicted molar refractivity (Wildman–Crippen MR) is 113 cm³/mol. The minimum atomic E-state index is -4.29. The van der Waals surface area contributed by atoms with E-state index in [1.54, 1.807) is 36.5 Å². The van der Waals surface area contributed by atoms with Crippen molar-refractivity contribution >= 4 is 17.6 Å². The van der Waals surface area contributed by atoms with Gasteiger partial charge in [0, 0.05) is 22.8 Å². The van der Waals surface area contributed by atoms with Crippen molar-refractivity contribution in [3.63, 3.8) is 0 Å². The number of aromatic nitrogens is 3. The SMILES string of the molecule is O=C(Oc1cc(-c2ccc(CC(F)(F)F)cc2)nn1-c1ccccn1)c1ccc(Cl)cc1. The molecule has 0 unspecified atom stereocenters. The van der Waals surface area contributed by atoms with Crippen LogP contribution in [0.1, 0.15) is 15.9 Å². The number of nitrogens with zero attached hydrogens (tertiary/aromatic N) is 3. The molecule has 0 radical (unpaired) electrons. The van der Waals surface area contributed by atoms with Crippen LogP contribution in [-0.2, 0) is 6.42 Å². The number of esters is 1. The summed E-state index contributed by atoms with van der Waals surface area (Å²) < 4.78 is 44.7. The molecule has 4 rings (SSSR count). The highest BCUT2D eigenvalue weighted by molar-refractivity contribution is 6.30. The van der Waals surface area contributed by atoms with E-state index >= 15 is 0 Å². The number of carbonyl (C=O) groups is 1. The minimum Gasteiger partial charge on any atom is -0.404 e. The zero-order valence-corrected chi connectivity index (χ0v) is 17.1. The van der Waals surface area contributed by atoms with Gasteiger partial charge in [-0.1, -0.05) is 41.9 Å². The molecule has 9 heteroatoms. The zero-order valence-electron chi connectivity index (χ0n) is 16.4. The fourth-order valence-corrected chi connectivity index (χ4v) is 3.11. The van der Waals surface area contributed by atoms with Gasteiger partial charge in [0.25, 0.3) is 0 Å². The summed E-state index contributed by atoms with van der Waals surface area (Å²) in [5, 5.41) is 4.93. The average molecular weight is 458 g/mol. The van der Waals surface area contributed by atoms with Crippen molar-refractivity contribution in [2.45, 2.75) is 12.6 Å². The molecule has 162 valence electrons. The molecule has 0 fully saturated rings. The second kappa shape index (κ2) is 8.84. The number of hydrogen-bond donors (Lipinski definition) is 0. The third kappa shape index (κ3) is 5.15. The van der Waals surface area contributed by atoms with Gasteiger partial charge in [0.15, 0.2) is 5.82 Å². The Kier molecular flexibility index (Phi) is 5.96. The highest BCUT2D eigenvalue weighted by Gasteiger charge is 2.27. The second-order valence-electron chi connectivity index (χ2n) is 6.85. The number of rotatable bonds is 5. The third-order valence-corrected chi connectivity index (χ3v) is 4.73. The van der Waals surface area contributed by atoms with Crippen LogP contribution in [0, 0.1) is 0 Å². The van der Waals surface area contributed by atoms with Crippen LogP contribution in [0.2, 0.25) is 5.02 Å². The number of alkyl halides is 3. The number of ether oxygens (including phenoxy) is 1. The molecule has 0 atom stereocenters. The Morgan fingerprint density at radius 1 is 1.00 bits per heavy atom. The van der Waals surface area contributed by atoms with Crippen LogP contribution in [0.5, 0.6) is 5.88 Å². The first-order valence-electron chi connectivity index (χ1n) is 9.44. The topological polar surface area (TPSA) is 57.0 Å². The van der Waals surface area contributed by atoms with Gasteiger partial charge in [-0.2, -0.15) is 23.0 Å². The molecule has 0 amide bonds. The van der Waals surface area contributed by atoms with Gasteiger partial charge in [-0.15, -0.1) is 0 Å². The Hall–Kier alpha value is -3.65. The van der Waals surface area contributed by atoms with E-state index in [0.29, 0.717) is 27.7 Å². The summed E-state index contributed by atoms with van der Waals surface area (Å²) in [7, 11) is 0.